The van der Waals surface area contributed by atoms with Gasteiger partial charge in [0.25, 0.3) is 0 Å². The second-order valence-electron chi connectivity index (χ2n) is 8.52. The summed E-state index contributed by atoms with van der Waals surface area (Å²) in [4.78, 5) is 11.5. The Morgan fingerprint density at radius 2 is 1.77 bits per heavy atom. The van der Waals surface area contributed by atoms with Crippen LogP contribution in [0.2, 0.25) is 18.1 Å². The summed E-state index contributed by atoms with van der Waals surface area (Å²) in [5, 5.41) is 0.0928. The summed E-state index contributed by atoms with van der Waals surface area (Å²) in [6, 6.07) is 10.1. The van der Waals surface area contributed by atoms with Gasteiger partial charge in [0, 0.05) is 19.4 Å². The molecule has 26 heavy (non-hydrogen) atoms. The highest BCUT2D eigenvalue weighted by molar-refractivity contribution is 6.74. The van der Waals surface area contributed by atoms with Crippen molar-refractivity contribution in [2.75, 3.05) is 13.7 Å². The molecular formula is C21H36O4Si. The van der Waals surface area contributed by atoms with Crippen molar-refractivity contribution in [3.63, 3.8) is 0 Å². The maximum atomic E-state index is 11.5. The van der Waals surface area contributed by atoms with E-state index in [1.54, 1.807) is 7.11 Å². The summed E-state index contributed by atoms with van der Waals surface area (Å²) >= 11 is 0. The second-order valence-corrected chi connectivity index (χ2v) is 13.3. The van der Waals surface area contributed by atoms with Gasteiger partial charge in [-0.1, -0.05) is 58.0 Å². The van der Waals surface area contributed by atoms with Crippen molar-refractivity contribution >= 4 is 14.6 Å². The largest absolute Gasteiger partial charge is 0.413 e. The highest BCUT2D eigenvalue weighted by Crippen LogP contribution is 2.38. The van der Waals surface area contributed by atoms with E-state index in [-0.39, 0.29) is 23.2 Å². The molecule has 0 bridgehead atoms. The molecule has 0 saturated carbocycles. The molecular weight excluding hydrogens is 344 g/mol. The van der Waals surface area contributed by atoms with Gasteiger partial charge in [-0.3, -0.25) is 0 Å². The van der Waals surface area contributed by atoms with Gasteiger partial charge in [-0.25, -0.2) is 0 Å². The van der Waals surface area contributed by atoms with Crippen molar-refractivity contribution in [3.8, 4) is 0 Å². The Morgan fingerprint density at radius 1 is 1.15 bits per heavy atom. The van der Waals surface area contributed by atoms with Crippen LogP contribution in [0.3, 0.4) is 0 Å². The Kier molecular flexibility index (Phi) is 9.17. The first-order valence-corrected chi connectivity index (χ1v) is 12.3. The zero-order valence-corrected chi connectivity index (χ0v) is 18.5. The average Bonchev–Trinajstić information content (AvgIpc) is 2.58. The molecule has 5 heteroatoms. The van der Waals surface area contributed by atoms with Crippen molar-refractivity contribution in [3.05, 3.63) is 35.9 Å². The Balaban J connectivity index is 2.82. The molecule has 3 atom stereocenters. The molecule has 0 unspecified atom stereocenters. The molecule has 0 aromatic heterocycles. The average molecular weight is 381 g/mol. The topological polar surface area (TPSA) is 44.8 Å². The lowest BCUT2D eigenvalue weighted by atomic mass is 10.0. The molecule has 0 aliphatic rings. The first-order valence-electron chi connectivity index (χ1n) is 9.38. The first kappa shape index (κ1) is 23.0. The number of rotatable bonds is 11. The number of methoxy groups -OCH3 is 1. The van der Waals surface area contributed by atoms with E-state index in [1.807, 2.05) is 37.3 Å². The summed E-state index contributed by atoms with van der Waals surface area (Å²) in [7, 11) is -0.307. The van der Waals surface area contributed by atoms with Crippen molar-refractivity contribution in [1.29, 1.82) is 0 Å². The molecule has 1 rings (SSSR count). The van der Waals surface area contributed by atoms with E-state index in [0.29, 0.717) is 19.6 Å². The third-order valence-corrected chi connectivity index (χ3v) is 9.73. The van der Waals surface area contributed by atoms with Crippen LogP contribution in [-0.4, -0.2) is 40.5 Å². The van der Waals surface area contributed by atoms with Gasteiger partial charge in [0.2, 0.25) is 0 Å². The Labute approximate surface area is 160 Å². The minimum absolute atomic E-state index is 0.0928. The van der Waals surface area contributed by atoms with Crippen LogP contribution >= 0.6 is 0 Å². The van der Waals surface area contributed by atoms with Gasteiger partial charge in [-0.2, -0.15) is 0 Å². The number of benzene rings is 1. The zero-order chi connectivity index (χ0) is 19.8. The Hall–Kier alpha value is -1.01. The molecule has 0 aliphatic carbocycles. The Bertz CT molecular complexity index is 525. The number of aldehydes is 1. The number of carbonyl (C=O) groups excluding carboxylic acids is 1. The molecule has 1 aromatic carbocycles. The zero-order valence-electron chi connectivity index (χ0n) is 17.5. The summed E-state index contributed by atoms with van der Waals surface area (Å²) < 4.78 is 18.0. The van der Waals surface area contributed by atoms with Gasteiger partial charge in [-0.05, 0) is 23.7 Å². The molecule has 0 heterocycles. The summed E-state index contributed by atoms with van der Waals surface area (Å²) in [5.74, 6) is -0.177. The van der Waals surface area contributed by atoms with Crippen LogP contribution in [-0.2, 0) is 25.3 Å². The van der Waals surface area contributed by atoms with Crippen molar-refractivity contribution in [2.45, 2.75) is 71.1 Å². The molecule has 0 amide bonds. The lowest BCUT2D eigenvalue weighted by Crippen LogP contribution is -2.47. The monoisotopic (exact) mass is 380 g/mol. The maximum absolute atomic E-state index is 11.5. The van der Waals surface area contributed by atoms with E-state index >= 15 is 0 Å². The van der Waals surface area contributed by atoms with Gasteiger partial charge >= 0.3 is 0 Å². The van der Waals surface area contributed by atoms with Gasteiger partial charge in [0.05, 0.1) is 25.4 Å². The van der Waals surface area contributed by atoms with Gasteiger partial charge in [0.1, 0.15) is 6.29 Å². The SMILES string of the molecule is COC[C@@H](C[C@@H](O[Si](C)(C)C(C)(C)C)[C@H](C)C=O)OCc1ccccc1. The fourth-order valence-electron chi connectivity index (χ4n) is 2.43. The van der Waals surface area contributed by atoms with Crippen LogP contribution in [0.4, 0.5) is 0 Å². The predicted molar refractivity (Wildman–Crippen MR) is 109 cm³/mol. The third-order valence-electron chi connectivity index (χ3n) is 5.23. The molecule has 1 aromatic rings. The fraction of sp³-hybridized carbons (Fsp3) is 0.667. The molecule has 0 saturated heterocycles. The molecule has 0 spiro atoms. The standard InChI is InChI=1S/C21H36O4Si/c1-17(14-22)20(25-26(6,7)21(2,3)4)13-19(16-23-5)24-15-18-11-9-8-10-12-18/h8-12,14,17,19-20H,13,15-16H2,1-7H3/t17-,19-,20-/m1/s1. The van der Waals surface area contributed by atoms with Crippen LogP contribution in [0.5, 0.6) is 0 Å². The van der Waals surface area contributed by atoms with Gasteiger partial charge < -0.3 is 18.7 Å². The highest BCUT2D eigenvalue weighted by atomic mass is 28.4. The van der Waals surface area contributed by atoms with E-state index in [9.17, 15) is 4.79 Å². The lowest BCUT2D eigenvalue weighted by molar-refractivity contribution is -0.114. The number of hydrogen-bond acceptors (Lipinski definition) is 4. The summed E-state index contributed by atoms with van der Waals surface area (Å²) in [6.45, 7) is 14.0. The van der Waals surface area contributed by atoms with E-state index in [1.165, 1.54) is 0 Å². The van der Waals surface area contributed by atoms with Crippen molar-refractivity contribution < 1.29 is 18.7 Å². The summed E-state index contributed by atoms with van der Waals surface area (Å²) in [5.41, 5.74) is 1.12. The Morgan fingerprint density at radius 3 is 2.27 bits per heavy atom. The highest BCUT2D eigenvalue weighted by Gasteiger charge is 2.40. The minimum atomic E-state index is -1.98. The molecule has 148 valence electrons. The van der Waals surface area contributed by atoms with E-state index in [0.717, 1.165) is 11.8 Å². The lowest BCUT2D eigenvalue weighted by Gasteiger charge is -2.41. The van der Waals surface area contributed by atoms with E-state index in [2.05, 4.69) is 33.9 Å². The van der Waals surface area contributed by atoms with Gasteiger partial charge in [-0.15, -0.1) is 0 Å². The van der Waals surface area contributed by atoms with Crippen LogP contribution in [0.1, 0.15) is 39.7 Å². The third kappa shape index (κ3) is 7.31. The van der Waals surface area contributed by atoms with Crippen LogP contribution in [0, 0.1) is 5.92 Å². The number of carbonyl (C=O) groups is 1. The molecule has 4 nitrogen and oxygen atoms in total. The quantitative estimate of drug-likeness (QED) is 0.407. The second kappa shape index (κ2) is 10.4. The first-order chi connectivity index (χ1) is 12.1. The molecule has 0 fully saturated rings. The number of ether oxygens (including phenoxy) is 2. The smallest absolute Gasteiger partial charge is 0.192 e. The van der Waals surface area contributed by atoms with Crippen LogP contribution < -0.4 is 0 Å². The van der Waals surface area contributed by atoms with E-state index in [4.69, 9.17) is 13.9 Å². The van der Waals surface area contributed by atoms with Crippen LogP contribution in [0.25, 0.3) is 0 Å². The fourth-order valence-corrected chi connectivity index (χ4v) is 3.85. The maximum Gasteiger partial charge on any atom is 0.192 e. The van der Waals surface area contributed by atoms with E-state index < -0.39 is 8.32 Å². The van der Waals surface area contributed by atoms with Crippen molar-refractivity contribution in [1.82, 2.24) is 0 Å². The summed E-state index contributed by atoms with van der Waals surface area (Å²) in [6.07, 6.45) is 1.35. The minimum Gasteiger partial charge on any atom is -0.413 e. The van der Waals surface area contributed by atoms with Gasteiger partial charge in [0.15, 0.2) is 8.32 Å². The normalized spacial score (nSPS) is 16.1. The molecule has 0 aliphatic heterocycles. The predicted octanol–water partition coefficient (Wildman–Crippen LogP) is 4.83. The molecule has 0 radical (unpaired) electrons. The number of hydrogen-bond donors (Lipinski definition) is 0. The van der Waals surface area contributed by atoms with Crippen LogP contribution in [0.15, 0.2) is 30.3 Å². The molecule has 0 N–H and O–H groups in total. The van der Waals surface area contributed by atoms with Crippen molar-refractivity contribution in [2.24, 2.45) is 5.92 Å².